The average molecular weight is 236 g/mol. The van der Waals surface area contributed by atoms with Crippen LogP contribution in [-0.4, -0.2) is 23.0 Å². The molecule has 0 spiro atoms. The van der Waals surface area contributed by atoms with Crippen molar-refractivity contribution < 1.29 is 14.7 Å². The second-order valence-corrected chi connectivity index (χ2v) is 3.86. The molecular formula is C12H16N2O3. The summed E-state index contributed by atoms with van der Waals surface area (Å²) in [5, 5.41) is 11.5. The van der Waals surface area contributed by atoms with Gasteiger partial charge in [-0.1, -0.05) is 18.6 Å². The van der Waals surface area contributed by atoms with Crippen molar-refractivity contribution in [3.05, 3.63) is 29.3 Å². The number of benzene rings is 1. The first-order valence-corrected chi connectivity index (χ1v) is 5.36. The van der Waals surface area contributed by atoms with Crippen LogP contribution in [0.2, 0.25) is 0 Å². The minimum absolute atomic E-state index is 0.0710. The van der Waals surface area contributed by atoms with E-state index in [1.54, 1.807) is 26.0 Å². The summed E-state index contributed by atoms with van der Waals surface area (Å²) in [5.74, 6) is -1.45. The van der Waals surface area contributed by atoms with Gasteiger partial charge in [0.1, 0.15) is 0 Å². The van der Waals surface area contributed by atoms with Crippen LogP contribution in [0, 0.1) is 6.92 Å². The van der Waals surface area contributed by atoms with Crippen LogP contribution in [0.15, 0.2) is 18.2 Å². The fraction of sp³-hybridized carbons (Fsp3) is 0.333. The molecule has 0 saturated carbocycles. The molecule has 0 aliphatic carbocycles. The number of nitrogens with one attached hydrogen (secondary N) is 1. The Morgan fingerprint density at radius 2 is 2.12 bits per heavy atom. The molecule has 0 unspecified atom stereocenters. The van der Waals surface area contributed by atoms with Gasteiger partial charge in [-0.25, -0.2) is 4.79 Å². The summed E-state index contributed by atoms with van der Waals surface area (Å²) in [6, 6.07) is 4.19. The van der Waals surface area contributed by atoms with E-state index < -0.39 is 12.0 Å². The van der Waals surface area contributed by atoms with E-state index in [2.05, 4.69) is 5.32 Å². The van der Waals surface area contributed by atoms with Gasteiger partial charge in [-0.05, 0) is 25.5 Å². The molecule has 1 rings (SSSR count). The number of carbonyl (C=O) groups is 2. The molecule has 0 saturated heterocycles. The van der Waals surface area contributed by atoms with Crippen LogP contribution in [0.5, 0.6) is 0 Å². The summed E-state index contributed by atoms with van der Waals surface area (Å²) in [4.78, 5) is 22.6. The van der Waals surface area contributed by atoms with Crippen molar-refractivity contribution in [2.75, 3.05) is 5.32 Å². The lowest BCUT2D eigenvalue weighted by atomic mass is 10.1. The first-order chi connectivity index (χ1) is 7.95. The van der Waals surface area contributed by atoms with Crippen molar-refractivity contribution in [2.24, 2.45) is 5.73 Å². The molecule has 5 nitrogen and oxygen atoms in total. The number of hydrogen-bond donors (Lipinski definition) is 3. The fourth-order valence-corrected chi connectivity index (χ4v) is 1.35. The molecule has 1 amide bonds. The van der Waals surface area contributed by atoms with E-state index in [-0.39, 0.29) is 17.2 Å². The Morgan fingerprint density at radius 1 is 1.47 bits per heavy atom. The number of nitrogens with two attached hydrogens (primary N) is 1. The van der Waals surface area contributed by atoms with Gasteiger partial charge in [-0.3, -0.25) is 4.79 Å². The van der Waals surface area contributed by atoms with Crippen LogP contribution in [0.4, 0.5) is 5.69 Å². The van der Waals surface area contributed by atoms with Crippen molar-refractivity contribution in [3.8, 4) is 0 Å². The summed E-state index contributed by atoms with van der Waals surface area (Å²) in [6.45, 7) is 3.58. The Labute approximate surface area is 99.6 Å². The summed E-state index contributed by atoms with van der Waals surface area (Å²) in [7, 11) is 0. The lowest BCUT2D eigenvalue weighted by Gasteiger charge is -2.12. The molecule has 0 aliphatic heterocycles. The molecule has 0 heterocycles. The van der Waals surface area contributed by atoms with E-state index in [1.807, 2.05) is 0 Å². The predicted molar refractivity (Wildman–Crippen MR) is 65.0 cm³/mol. The second-order valence-electron chi connectivity index (χ2n) is 3.86. The third-order valence-electron chi connectivity index (χ3n) is 2.44. The van der Waals surface area contributed by atoms with E-state index >= 15 is 0 Å². The smallest absolute Gasteiger partial charge is 0.337 e. The first-order valence-electron chi connectivity index (χ1n) is 5.36. The Balaban J connectivity index is 2.98. The van der Waals surface area contributed by atoms with Gasteiger partial charge in [0.15, 0.2) is 0 Å². The number of aryl methyl sites for hydroxylation is 1. The van der Waals surface area contributed by atoms with Gasteiger partial charge >= 0.3 is 5.97 Å². The van der Waals surface area contributed by atoms with Crippen molar-refractivity contribution in [3.63, 3.8) is 0 Å². The van der Waals surface area contributed by atoms with Crippen LogP contribution in [0.1, 0.15) is 29.3 Å². The summed E-state index contributed by atoms with van der Waals surface area (Å²) < 4.78 is 0. The molecule has 92 valence electrons. The molecule has 17 heavy (non-hydrogen) atoms. The lowest BCUT2D eigenvalue weighted by Crippen LogP contribution is -2.35. The number of hydrogen-bond acceptors (Lipinski definition) is 3. The van der Waals surface area contributed by atoms with Gasteiger partial charge in [0.2, 0.25) is 5.91 Å². The molecule has 1 atom stereocenters. The Kier molecular flexibility index (Phi) is 4.23. The molecule has 0 fully saturated rings. The largest absolute Gasteiger partial charge is 0.478 e. The summed E-state index contributed by atoms with van der Waals surface area (Å²) >= 11 is 0. The van der Waals surface area contributed by atoms with Gasteiger partial charge in [-0.2, -0.15) is 0 Å². The van der Waals surface area contributed by atoms with Crippen LogP contribution >= 0.6 is 0 Å². The molecule has 0 bridgehead atoms. The van der Waals surface area contributed by atoms with E-state index in [0.717, 1.165) is 5.56 Å². The second kappa shape index (κ2) is 5.45. The monoisotopic (exact) mass is 236 g/mol. The van der Waals surface area contributed by atoms with Crippen molar-refractivity contribution in [1.29, 1.82) is 0 Å². The Morgan fingerprint density at radius 3 is 2.65 bits per heavy atom. The molecule has 0 radical (unpaired) electrons. The molecule has 0 aromatic heterocycles. The quantitative estimate of drug-likeness (QED) is 0.736. The molecular weight excluding hydrogens is 220 g/mol. The normalized spacial score (nSPS) is 11.9. The number of carboxylic acids is 1. The van der Waals surface area contributed by atoms with Gasteiger partial charge < -0.3 is 16.2 Å². The molecule has 0 aliphatic rings. The Bertz CT molecular complexity index is 443. The highest BCUT2D eigenvalue weighted by Crippen LogP contribution is 2.17. The van der Waals surface area contributed by atoms with E-state index in [1.165, 1.54) is 6.07 Å². The van der Waals surface area contributed by atoms with Gasteiger partial charge in [0.25, 0.3) is 0 Å². The van der Waals surface area contributed by atoms with Crippen LogP contribution in [0.25, 0.3) is 0 Å². The first kappa shape index (κ1) is 13.2. The van der Waals surface area contributed by atoms with Crippen LogP contribution < -0.4 is 11.1 Å². The highest BCUT2D eigenvalue weighted by molar-refractivity contribution is 6.02. The fourth-order valence-electron chi connectivity index (χ4n) is 1.35. The number of anilines is 1. The minimum atomic E-state index is -1.07. The molecule has 1 aromatic rings. The minimum Gasteiger partial charge on any atom is -0.478 e. The van der Waals surface area contributed by atoms with Crippen LogP contribution in [0.3, 0.4) is 0 Å². The van der Waals surface area contributed by atoms with Gasteiger partial charge in [0.05, 0.1) is 17.3 Å². The maximum atomic E-state index is 11.6. The topological polar surface area (TPSA) is 92.4 Å². The Hall–Kier alpha value is -1.88. The predicted octanol–water partition coefficient (Wildman–Crippen LogP) is 1.37. The number of amides is 1. The zero-order chi connectivity index (χ0) is 13.0. The summed E-state index contributed by atoms with van der Waals surface area (Å²) in [6.07, 6.45) is 0.500. The lowest BCUT2D eigenvalue weighted by molar-refractivity contribution is -0.117. The number of aromatic carboxylic acids is 1. The molecule has 4 N–H and O–H groups in total. The van der Waals surface area contributed by atoms with Gasteiger partial charge in [0, 0.05) is 0 Å². The van der Waals surface area contributed by atoms with Crippen molar-refractivity contribution in [2.45, 2.75) is 26.3 Å². The highest BCUT2D eigenvalue weighted by Gasteiger charge is 2.15. The van der Waals surface area contributed by atoms with Crippen molar-refractivity contribution >= 4 is 17.6 Å². The molecule has 1 aromatic carbocycles. The third kappa shape index (κ3) is 3.29. The molecule has 5 heteroatoms. The zero-order valence-electron chi connectivity index (χ0n) is 9.86. The average Bonchev–Trinajstić information content (AvgIpc) is 2.29. The van der Waals surface area contributed by atoms with E-state index in [0.29, 0.717) is 6.42 Å². The maximum Gasteiger partial charge on any atom is 0.337 e. The standard InChI is InChI=1S/C12H16N2O3/c1-3-9(13)11(15)14-10-5-4-7(2)6-8(10)12(16)17/h4-6,9H,3,13H2,1-2H3,(H,14,15)(H,16,17)/t9-/m1/s1. The number of rotatable bonds is 4. The SMILES string of the molecule is CC[C@@H](N)C(=O)Nc1ccc(C)cc1C(=O)O. The van der Waals surface area contributed by atoms with E-state index in [4.69, 9.17) is 10.8 Å². The number of carboxylic acid groups (broad SMARTS) is 1. The van der Waals surface area contributed by atoms with Crippen LogP contribution in [-0.2, 0) is 4.79 Å². The number of carbonyl (C=O) groups excluding carboxylic acids is 1. The highest BCUT2D eigenvalue weighted by atomic mass is 16.4. The maximum absolute atomic E-state index is 11.6. The van der Waals surface area contributed by atoms with E-state index in [9.17, 15) is 9.59 Å². The van der Waals surface area contributed by atoms with Crippen molar-refractivity contribution in [1.82, 2.24) is 0 Å². The third-order valence-corrected chi connectivity index (χ3v) is 2.44. The van der Waals surface area contributed by atoms with Gasteiger partial charge in [-0.15, -0.1) is 0 Å². The summed E-state index contributed by atoms with van der Waals surface area (Å²) in [5.41, 5.74) is 6.73. The zero-order valence-corrected chi connectivity index (χ0v) is 9.86.